The summed E-state index contributed by atoms with van der Waals surface area (Å²) in [6, 6.07) is 15.4. The molecule has 0 spiro atoms. The average Bonchev–Trinajstić information content (AvgIpc) is 2.45. The maximum Gasteiger partial charge on any atom is 0.119 e. The van der Waals surface area contributed by atoms with Gasteiger partial charge in [-0.2, -0.15) is 0 Å². The molecule has 4 heteroatoms. The molecule has 0 bridgehead atoms. The van der Waals surface area contributed by atoms with Gasteiger partial charge in [0.15, 0.2) is 0 Å². The van der Waals surface area contributed by atoms with E-state index in [9.17, 15) is 0 Å². The van der Waals surface area contributed by atoms with Gasteiger partial charge in [0.2, 0.25) is 0 Å². The van der Waals surface area contributed by atoms with Crippen LogP contribution in [0.5, 0.6) is 5.75 Å². The quantitative estimate of drug-likeness (QED) is 0.851. The Morgan fingerprint density at radius 3 is 2.47 bits per heavy atom. The molecule has 19 heavy (non-hydrogen) atoms. The Morgan fingerprint density at radius 1 is 1.05 bits per heavy atom. The van der Waals surface area contributed by atoms with Crippen LogP contribution in [-0.2, 0) is 6.54 Å². The zero-order valence-electron chi connectivity index (χ0n) is 10.5. The molecule has 0 aliphatic rings. The van der Waals surface area contributed by atoms with Crippen LogP contribution in [0.1, 0.15) is 5.56 Å². The Morgan fingerprint density at radius 2 is 1.79 bits per heavy atom. The molecule has 2 aromatic carbocycles. The van der Waals surface area contributed by atoms with Crippen LogP contribution >= 0.6 is 11.6 Å². The first-order valence-electron chi connectivity index (χ1n) is 6.10. The second-order valence-corrected chi connectivity index (χ2v) is 4.45. The standard InChI is InChI=1S/C15H16ClNO2/c16-15-4-2-1-3-12(15)11-17-13-5-7-14(8-6-13)19-10-9-18/h1-8,17-18H,9-11H2. The maximum absolute atomic E-state index is 8.67. The van der Waals surface area contributed by atoms with E-state index in [1.807, 2.05) is 48.5 Å². The van der Waals surface area contributed by atoms with Crippen molar-refractivity contribution in [2.75, 3.05) is 18.5 Å². The van der Waals surface area contributed by atoms with Crippen molar-refractivity contribution in [1.82, 2.24) is 0 Å². The summed E-state index contributed by atoms with van der Waals surface area (Å²) in [7, 11) is 0. The van der Waals surface area contributed by atoms with Gasteiger partial charge < -0.3 is 15.2 Å². The van der Waals surface area contributed by atoms with E-state index in [-0.39, 0.29) is 6.61 Å². The third-order valence-electron chi connectivity index (χ3n) is 2.66. The van der Waals surface area contributed by atoms with E-state index in [0.717, 1.165) is 22.0 Å². The SMILES string of the molecule is OCCOc1ccc(NCc2ccccc2Cl)cc1. The molecule has 0 aliphatic carbocycles. The minimum Gasteiger partial charge on any atom is -0.491 e. The Balaban J connectivity index is 1.91. The molecule has 0 aliphatic heterocycles. The highest BCUT2D eigenvalue weighted by atomic mass is 35.5. The largest absolute Gasteiger partial charge is 0.491 e. The third kappa shape index (κ3) is 4.16. The monoisotopic (exact) mass is 277 g/mol. The van der Waals surface area contributed by atoms with E-state index in [0.29, 0.717) is 13.2 Å². The minimum atomic E-state index is 0.0203. The van der Waals surface area contributed by atoms with Crippen LogP contribution in [0, 0.1) is 0 Å². The van der Waals surface area contributed by atoms with Crippen LogP contribution in [0.25, 0.3) is 0 Å². The van der Waals surface area contributed by atoms with Gasteiger partial charge in [0.1, 0.15) is 12.4 Å². The molecule has 2 rings (SSSR count). The molecule has 0 aromatic heterocycles. The highest BCUT2D eigenvalue weighted by Crippen LogP contribution is 2.19. The third-order valence-corrected chi connectivity index (χ3v) is 3.02. The van der Waals surface area contributed by atoms with E-state index < -0.39 is 0 Å². The smallest absolute Gasteiger partial charge is 0.119 e. The van der Waals surface area contributed by atoms with Crippen LogP contribution in [0.3, 0.4) is 0 Å². The van der Waals surface area contributed by atoms with Gasteiger partial charge in [-0.25, -0.2) is 0 Å². The molecule has 0 unspecified atom stereocenters. The Kier molecular flexibility index (Phi) is 5.07. The van der Waals surface area contributed by atoms with Gasteiger partial charge in [0.05, 0.1) is 6.61 Å². The number of aliphatic hydroxyl groups excluding tert-OH is 1. The fourth-order valence-electron chi connectivity index (χ4n) is 1.67. The van der Waals surface area contributed by atoms with E-state index in [2.05, 4.69) is 5.32 Å². The first-order valence-corrected chi connectivity index (χ1v) is 6.48. The van der Waals surface area contributed by atoms with Crippen molar-refractivity contribution in [3.05, 3.63) is 59.1 Å². The van der Waals surface area contributed by atoms with E-state index in [1.165, 1.54) is 0 Å². The summed E-state index contributed by atoms with van der Waals surface area (Å²) in [5.41, 5.74) is 2.06. The molecule has 0 radical (unpaired) electrons. The van der Waals surface area contributed by atoms with Gasteiger partial charge in [-0.3, -0.25) is 0 Å². The highest BCUT2D eigenvalue weighted by molar-refractivity contribution is 6.31. The van der Waals surface area contributed by atoms with Crippen molar-refractivity contribution in [3.8, 4) is 5.75 Å². The van der Waals surface area contributed by atoms with Crippen LogP contribution in [0.4, 0.5) is 5.69 Å². The fourth-order valence-corrected chi connectivity index (χ4v) is 1.87. The van der Waals surface area contributed by atoms with Crippen molar-refractivity contribution in [1.29, 1.82) is 0 Å². The molecular formula is C15H16ClNO2. The van der Waals surface area contributed by atoms with Crippen molar-refractivity contribution < 1.29 is 9.84 Å². The van der Waals surface area contributed by atoms with Gasteiger partial charge in [-0.1, -0.05) is 29.8 Å². The molecule has 100 valence electrons. The summed E-state index contributed by atoms with van der Waals surface area (Å²) in [5.74, 6) is 0.748. The molecule has 0 atom stereocenters. The Hall–Kier alpha value is -1.71. The van der Waals surface area contributed by atoms with Gasteiger partial charge >= 0.3 is 0 Å². The second-order valence-electron chi connectivity index (χ2n) is 4.04. The lowest BCUT2D eigenvalue weighted by molar-refractivity contribution is 0.201. The van der Waals surface area contributed by atoms with E-state index in [4.69, 9.17) is 21.4 Å². The first-order chi connectivity index (χ1) is 9.29. The number of hydrogen-bond acceptors (Lipinski definition) is 3. The average molecular weight is 278 g/mol. The van der Waals surface area contributed by atoms with Crippen molar-refractivity contribution in [2.24, 2.45) is 0 Å². The molecule has 0 fully saturated rings. The van der Waals surface area contributed by atoms with Crippen LogP contribution in [-0.4, -0.2) is 18.3 Å². The van der Waals surface area contributed by atoms with Crippen LogP contribution in [0.15, 0.2) is 48.5 Å². The zero-order chi connectivity index (χ0) is 13.5. The predicted octanol–water partition coefficient (Wildman–Crippen LogP) is 3.32. The normalized spacial score (nSPS) is 10.2. The summed E-state index contributed by atoms with van der Waals surface area (Å²) in [4.78, 5) is 0. The maximum atomic E-state index is 8.67. The molecule has 0 heterocycles. The number of anilines is 1. The van der Waals surface area contributed by atoms with Crippen molar-refractivity contribution in [2.45, 2.75) is 6.54 Å². The van der Waals surface area contributed by atoms with Gasteiger partial charge in [0.25, 0.3) is 0 Å². The molecule has 0 saturated carbocycles. The van der Waals surface area contributed by atoms with E-state index in [1.54, 1.807) is 0 Å². The van der Waals surface area contributed by atoms with Gasteiger partial charge in [-0.15, -0.1) is 0 Å². The topological polar surface area (TPSA) is 41.5 Å². The number of benzene rings is 2. The molecule has 0 amide bonds. The van der Waals surface area contributed by atoms with Gasteiger partial charge in [0, 0.05) is 17.3 Å². The zero-order valence-corrected chi connectivity index (χ0v) is 11.2. The van der Waals surface area contributed by atoms with Crippen molar-refractivity contribution >= 4 is 17.3 Å². The lowest BCUT2D eigenvalue weighted by Gasteiger charge is -2.09. The van der Waals surface area contributed by atoms with E-state index >= 15 is 0 Å². The summed E-state index contributed by atoms with van der Waals surface area (Å²) in [6.45, 7) is 1.01. The lowest BCUT2D eigenvalue weighted by Crippen LogP contribution is -2.02. The second kappa shape index (κ2) is 7.02. The summed E-state index contributed by atoms with van der Waals surface area (Å²) < 4.78 is 5.29. The minimum absolute atomic E-state index is 0.0203. The van der Waals surface area contributed by atoms with Crippen molar-refractivity contribution in [3.63, 3.8) is 0 Å². The van der Waals surface area contributed by atoms with Gasteiger partial charge in [-0.05, 0) is 35.9 Å². The summed E-state index contributed by atoms with van der Waals surface area (Å²) in [6.07, 6.45) is 0. The number of hydrogen-bond donors (Lipinski definition) is 2. The predicted molar refractivity (Wildman–Crippen MR) is 77.8 cm³/mol. The first kappa shape index (κ1) is 13.7. The summed E-state index contributed by atoms with van der Waals surface area (Å²) in [5, 5.41) is 12.7. The fraction of sp³-hybridized carbons (Fsp3) is 0.200. The highest BCUT2D eigenvalue weighted by Gasteiger charge is 1.99. The van der Waals surface area contributed by atoms with Crippen LogP contribution in [0.2, 0.25) is 5.02 Å². The Labute approximate surface area is 117 Å². The lowest BCUT2D eigenvalue weighted by atomic mass is 10.2. The molecule has 0 saturated heterocycles. The summed E-state index contributed by atoms with van der Waals surface area (Å²) >= 11 is 6.09. The molecule has 2 N–H and O–H groups in total. The number of nitrogens with one attached hydrogen (secondary N) is 1. The number of aliphatic hydroxyl groups is 1. The molecule has 3 nitrogen and oxygen atoms in total. The molecular weight excluding hydrogens is 262 g/mol. The Bertz CT molecular complexity index is 514. The molecule has 2 aromatic rings. The number of halogens is 1. The number of ether oxygens (including phenoxy) is 1. The van der Waals surface area contributed by atoms with Crippen LogP contribution < -0.4 is 10.1 Å². The number of rotatable bonds is 6.